The molecule has 0 saturated carbocycles. The molecule has 0 aliphatic rings. The lowest BCUT2D eigenvalue weighted by Crippen LogP contribution is -2.55. The van der Waals surface area contributed by atoms with E-state index in [1.807, 2.05) is 13.8 Å². The molecule has 2 amide bonds. The Labute approximate surface area is 150 Å². The van der Waals surface area contributed by atoms with Gasteiger partial charge in [0.2, 0.25) is 5.91 Å². The number of benzene rings is 1. The van der Waals surface area contributed by atoms with Gasteiger partial charge in [-0.2, -0.15) is 13.2 Å². The van der Waals surface area contributed by atoms with E-state index in [-0.39, 0.29) is 19.0 Å². The predicted octanol–water partition coefficient (Wildman–Crippen LogP) is 2.49. The fraction of sp³-hybridized carbons (Fsp3) is 0.500. The van der Waals surface area contributed by atoms with Gasteiger partial charge in [0, 0.05) is 6.54 Å². The first-order valence-corrected chi connectivity index (χ1v) is 7.64. The van der Waals surface area contributed by atoms with Crippen LogP contribution in [0.25, 0.3) is 0 Å². The standard InChI is InChI=1S/C16H22F3N3O2.ClH/c1-3-15(4-2,10-20)22-13(23)9-21-14(24)11-7-5-6-8-12(11)16(17,18)19;/h5-8H,3-4,9-10,20H2,1-2H3,(H,21,24)(H,22,23);1H. The molecule has 0 aliphatic heterocycles. The predicted molar refractivity (Wildman–Crippen MR) is 91.5 cm³/mol. The van der Waals surface area contributed by atoms with Crippen molar-refractivity contribution in [3.8, 4) is 0 Å². The molecule has 142 valence electrons. The number of rotatable bonds is 7. The van der Waals surface area contributed by atoms with E-state index in [0.717, 1.165) is 12.1 Å². The molecule has 0 spiro atoms. The molecule has 1 aromatic rings. The maximum absolute atomic E-state index is 12.9. The molecule has 0 aliphatic carbocycles. The highest BCUT2D eigenvalue weighted by molar-refractivity contribution is 5.97. The topological polar surface area (TPSA) is 84.2 Å². The van der Waals surface area contributed by atoms with Crippen LogP contribution in [0.1, 0.15) is 42.6 Å². The van der Waals surface area contributed by atoms with Crippen LogP contribution in [0.5, 0.6) is 0 Å². The fourth-order valence-electron chi connectivity index (χ4n) is 2.29. The van der Waals surface area contributed by atoms with Gasteiger partial charge in [0.1, 0.15) is 0 Å². The van der Waals surface area contributed by atoms with Crippen molar-refractivity contribution < 1.29 is 22.8 Å². The molecular weight excluding hydrogens is 359 g/mol. The summed E-state index contributed by atoms with van der Waals surface area (Å²) in [4.78, 5) is 23.9. The fourth-order valence-corrected chi connectivity index (χ4v) is 2.29. The van der Waals surface area contributed by atoms with E-state index >= 15 is 0 Å². The zero-order valence-electron chi connectivity index (χ0n) is 14.1. The highest BCUT2D eigenvalue weighted by atomic mass is 35.5. The van der Waals surface area contributed by atoms with Crippen molar-refractivity contribution in [2.24, 2.45) is 5.73 Å². The van der Waals surface area contributed by atoms with Gasteiger partial charge in [-0.1, -0.05) is 26.0 Å². The van der Waals surface area contributed by atoms with Crippen LogP contribution in [-0.4, -0.2) is 30.4 Å². The van der Waals surface area contributed by atoms with Crippen molar-refractivity contribution in [3.63, 3.8) is 0 Å². The molecular formula is C16H23ClF3N3O2. The number of carbonyl (C=O) groups is 2. The number of halogens is 4. The highest BCUT2D eigenvalue weighted by Gasteiger charge is 2.35. The normalized spacial score (nSPS) is 11.4. The van der Waals surface area contributed by atoms with E-state index in [9.17, 15) is 22.8 Å². The summed E-state index contributed by atoms with van der Waals surface area (Å²) in [6.45, 7) is 3.55. The van der Waals surface area contributed by atoms with Crippen LogP contribution in [0.4, 0.5) is 13.2 Å². The summed E-state index contributed by atoms with van der Waals surface area (Å²) in [6.07, 6.45) is -3.43. The summed E-state index contributed by atoms with van der Waals surface area (Å²) in [5, 5.41) is 4.94. The molecule has 1 aromatic carbocycles. The van der Waals surface area contributed by atoms with E-state index in [4.69, 9.17) is 5.73 Å². The number of carbonyl (C=O) groups excluding carboxylic acids is 2. The summed E-state index contributed by atoms with van der Waals surface area (Å²) in [6, 6.07) is 4.42. The number of nitrogens with two attached hydrogens (primary N) is 1. The Kier molecular flexibility index (Phi) is 8.93. The highest BCUT2D eigenvalue weighted by Crippen LogP contribution is 2.31. The van der Waals surface area contributed by atoms with Gasteiger partial charge in [-0.3, -0.25) is 9.59 Å². The first-order valence-electron chi connectivity index (χ1n) is 7.64. The van der Waals surface area contributed by atoms with Crippen LogP contribution in [0.3, 0.4) is 0 Å². The second-order valence-corrected chi connectivity index (χ2v) is 5.47. The van der Waals surface area contributed by atoms with E-state index < -0.39 is 41.2 Å². The van der Waals surface area contributed by atoms with Crippen molar-refractivity contribution in [3.05, 3.63) is 35.4 Å². The molecule has 0 bridgehead atoms. The van der Waals surface area contributed by atoms with Gasteiger partial charge in [0.25, 0.3) is 5.91 Å². The molecule has 0 radical (unpaired) electrons. The second kappa shape index (κ2) is 9.62. The van der Waals surface area contributed by atoms with Crippen molar-refractivity contribution in [2.75, 3.05) is 13.1 Å². The number of alkyl halides is 3. The Morgan fingerprint density at radius 2 is 1.68 bits per heavy atom. The Bertz CT molecular complexity index is 582. The molecule has 0 atom stereocenters. The van der Waals surface area contributed by atoms with Crippen LogP contribution in [0, 0.1) is 0 Å². The van der Waals surface area contributed by atoms with Gasteiger partial charge < -0.3 is 16.4 Å². The summed E-state index contributed by atoms with van der Waals surface area (Å²) < 4.78 is 38.7. The van der Waals surface area contributed by atoms with Gasteiger partial charge in [-0.25, -0.2) is 0 Å². The Hall–Kier alpha value is -1.80. The third-order valence-electron chi connectivity index (χ3n) is 4.04. The minimum atomic E-state index is -4.64. The Morgan fingerprint density at radius 3 is 2.16 bits per heavy atom. The molecule has 4 N–H and O–H groups in total. The lowest BCUT2D eigenvalue weighted by atomic mass is 9.93. The van der Waals surface area contributed by atoms with Crippen LogP contribution >= 0.6 is 12.4 Å². The number of hydrogen-bond donors (Lipinski definition) is 3. The minimum Gasteiger partial charge on any atom is -0.348 e. The molecule has 9 heteroatoms. The van der Waals surface area contributed by atoms with Gasteiger partial charge in [-0.05, 0) is 25.0 Å². The van der Waals surface area contributed by atoms with Crippen molar-refractivity contribution in [1.82, 2.24) is 10.6 Å². The zero-order chi connectivity index (χ0) is 18.4. The zero-order valence-corrected chi connectivity index (χ0v) is 14.9. The molecule has 0 aromatic heterocycles. The molecule has 0 heterocycles. The largest absolute Gasteiger partial charge is 0.417 e. The van der Waals surface area contributed by atoms with Crippen molar-refractivity contribution in [2.45, 2.75) is 38.4 Å². The van der Waals surface area contributed by atoms with E-state index in [0.29, 0.717) is 12.8 Å². The summed E-state index contributed by atoms with van der Waals surface area (Å²) >= 11 is 0. The summed E-state index contributed by atoms with van der Waals surface area (Å²) in [5.74, 6) is -1.45. The van der Waals surface area contributed by atoms with Gasteiger partial charge >= 0.3 is 6.18 Å². The lowest BCUT2D eigenvalue weighted by Gasteiger charge is -2.31. The average Bonchev–Trinajstić information content (AvgIpc) is 2.57. The summed E-state index contributed by atoms with van der Waals surface area (Å²) in [7, 11) is 0. The second-order valence-electron chi connectivity index (χ2n) is 5.47. The van der Waals surface area contributed by atoms with Crippen molar-refractivity contribution in [1.29, 1.82) is 0 Å². The van der Waals surface area contributed by atoms with Gasteiger partial charge in [0.05, 0.1) is 23.2 Å². The smallest absolute Gasteiger partial charge is 0.348 e. The number of hydrogen-bond acceptors (Lipinski definition) is 3. The molecule has 1 rings (SSSR count). The number of nitrogens with one attached hydrogen (secondary N) is 2. The monoisotopic (exact) mass is 381 g/mol. The summed E-state index contributed by atoms with van der Waals surface area (Å²) in [5.41, 5.74) is 3.53. The molecule has 25 heavy (non-hydrogen) atoms. The third-order valence-corrected chi connectivity index (χ3v) is 4.04. The SMILES string of the molecule is CCC(CC)(CN)NC(=O)CNC(=O)c1ccccc1C(F)(F)F.Cl. The lowest BCUT2D eigenvalue weighted by molar-refractivity contribution is -0.137. The van der Waals surface area contributed by atoms with E-state index in [1.54, 1.807) is 0 Å². The molecule has 0 fully saturated rings. The quantitative estimate of drug-likeness (QED) is 0.678. The van der Waals surface area contributed by atoms with Crippen LogP contribution in [-0.2, 0) is 11.0 Å². The Morgan fingerprint density at radius 1 is 1.12 bits per heavy atom. The van der Waals surface area contributed by atoms with Crippen molar-refractivity contribution >= 4 is 24.2 Å². The van der Waals surface area contributed by atoms with Crippen LogP contribution in [0.2, 0.25) is 0 Å². The number of amides is 2. The maximum atomic E-state index is 12.9. The molecule has 0 saturated heterocycles. The van der Waals surface area contributed by atoms with Gasteiger partial charge in [-0.15, -0.1) is 12.4 Å². The third kappa shape index (κ3) is 6.21. The molecule has 0 unspecified atom stereocenters. The maximum Gasteiger partial charge on any atom is 0.417 e. The van der Waals surface area contributed by atoms with E-state index in [2.05, 4.69) is 10.6 Å². The van der Waals surface area contributed by atoms with Crippen LogP contribution in [0.15, 0.2) is 24.3 Å². The first-order chi connectivity index (χ1) is 11.2. The van der Waals surface area contributed by atoms with Crippen LogP contribution < -0.4 is 16.4 Å². The minimum absolute atomic E-state index is 0. The first kappa shape index (κ1) is 23.2. The van der Waals surface area contributed by atoms with E-state index in [1.165, 1.54) is 12.1 Å². The molecule has 5 nitrogen and oxygen atoms in total. The Balaban J connectivity index is 0.00000576. The van der Waals surface area contributed by atoms with Gasteiger partial charge in [0.15, 0.2) is 0 Å². The average molecular weight is 382 g/mol.